The van der Waals surface area contributed by atoms with Gasteiger partial charge < -0.3 is 15.0 Å². The van der Waals surface area contributed by atoms with Crippen molar-refractivity contribution in [1.29, 1.82) is 0 Å². The molecule has 0 atom stereocenters. The van der Waals surface area contributed by atoms with Crippen molar-refractivity contribution in [3.63, 3.8) is 0 Å². The summed E-state index contributed by atoms with van der Waals surface area (Å²) in [4.78, 5) is 15.0. The Morgan fingerprint density at radius 3 is 2.00 bits per heavy atom. The van der Waals surface area contributed by atoms with Crippen molar-refractivity contribution in [1.82, 2.24) is 10.2 Å². The normalized spacial score (nSPS) is 18.2. The number of hydrogen-bond donors (Lipinski definition) is 1. The molecule has 0 heterocycles. The molecule has 0 aromatic heterocycles. The van der Waals surface area contributed by atoms with Crippen molar-refractivity contribution in [3.05, 3.63) is 29.8 Å². The predicted molar refractivity (Wildman–Crippen MR) is 136 cm³/mol. The first kappa shape index (κ1) is 25.0. The van der Waals surface area contributed by atoms with Crippen LogP contribution in [0.2, 0.25) is 0 Å². The van der Waals surface area contributed by atoms with Crippen molar-refractivity contribution in [2.24, 2.45) is 0 Å². The zero-order valence-corrected chi connectivity index (χ0v) is 21.1. The fourth-order valence-electron chi connectivity index (χ4n) is 5.07. The van der Waals surface area contributed by atoms with Gasteiger partial charge in [-0.15, -0.1) is 0 Å². The number of benzene rings is 1. The molecule has 0 radical (unpaired) electrons. The molecule has 4 nitrogen and oxygen atoms in total. The third kappa shape index (κ3) is 7.47. The number of nitrogens with zero attached hydrogens (tertiary/aromatic N) is 1. The summed E-state index contributed by atoms with van der Waals surface area (Å²) in [6.45, 7) is 7.14. The van der Waals surface area contributed by atoms with Crippen molar-refractivity contribution >= 4 is 23.2 Å². The smallest absolute Gasteiger partial charge is 0.226 e. The van der Waals surface area contributed by atoms with Crippen LogP contribution in [0.3, 0.4) is 0 Å². The summed E-state index contributed by atoms with van der Waals surface area (Å²) in [6, 6.07) is 9.26. The maximum absolute atomic E-state index is 12.6. The minimum Gasteiger partial charge on any atom is -0.494 e. The number of amides is 1. The van der Waals surface area contributed by atoms with E-state index in [4.69, 9.17) is 17.0 Å². The van der Waals surface area contributed by atoms with Crippen LogP contribution in [-0.2, 0) is 10.2 Å². The lowest BCUT2D eigenvalue weighted by molar-refractivity contribution is -0.120. The molecule has 2 aliphatic rings. The van der Waals surface area contributed by atoms with E-state index >= 15 is 0 Å². The standard InChI is InChI=1S/C27H42N2O2S/c1-27(2,3)21-16-18-24(19-17-21)31-20-10-15-25(30)28-26(32)29(22-11-6-4-7-12-22)23-13-8-5-9-14-23/h16-19,22-23H,4-15,20H2,1-3H3,(H,28,30,32). The highest BCUT2D eigenvalue weighted by Gasteiger charge is 2.31. The van der Waals surface area contributed by atoms with Gasteiger partial charge in [-0.05, 0) is 67.4 Å². The number of thiocarbonyl (C=S) groups is 1. The first-order chi connectivity index (χ1) is 15.3. The van der Waals surface area contributed by atoms with Crippen molar-refractivity contribution in [2.75, 3.05) is 6.61 Å². The lowest BCUT2D eigenvalue weighted by atomic mass is 9.87. The van der Waals surface area contributed by atoms with Crippen LogP contribution >= 0.6 is 12.2 Å². The second kappa shape index (κ2) is 12.0. The highest BCUT2D eigenvalue weighted by atomic mass is 32.1. The van der Waals surface area contributed by atoms with Gasteiger partial charge in [0.25, 0.3) is 0 Å². The second-order valence-corrected chi connectivity index (χ2v) is 11.0. The van der Waals surface area contributed by atoms with E-state index in [0.717, 1.165) is 5.75 Å². The number of carbonyl (C=O) groups is 1. The van der Waals surface area contributed by atoms with Gasteiger partial charge in [-0.1, -0.05) is 71.4 Å². The molecule has 1 N–H and O–H groups in total. The molecule has 0 bridgehead atoms. The van der Waals surface area contributed by atoms with Gasteiger partial charge in [0.15, 0.2) is 5.11 Å². The van der Waals surface area contributed by atoms with Crippen LogP contribution in [0.1, 0.15) is 103 Å². The minimum absolute atomic E-state index is 0.0123. The van der Waals surface area contributed by atoms with Gasteiger partial charge in [-0.25, -0.2) is 0 Å². The average molecular weight is 459 g/mol. The van der Waals surface area contributed by atoms with Crippen LogP contribution in [0.15, 0.2) is 24.3 Å². The molecule has 2 fully saturated rings. The van der Waals surface area contributed by atoms with E-state index in [-0.39, 0.29) is 11.3 Å². The molecular weight excluding hydrogens is 416 g/mol. The molecule has 2 aliphatic carbocycles. The van der Waals surface area contributed by atoms with Crippen LogP contribution in [-0.4, -0.2) is 34.6 Å². The lowest BCUT2D eigenvalue weighted by Gasteiger charge is -2.43. The Kier molecular flexibility index (Phi) is 9.39. The highest BCUT2D eigenvalue weighted by molar-refractivity contribution is 7.80. The Bertz CT molecular complexity index is 711. The van der Waals surface area contributed by atoms with E-state index in [2.05, 4.69) is 43.1 Å². The van der Waals surface area contributed by atoms with Gasteiger partial charge >= 0.3 is 0 Å². The summed E-state index contributed by atoms with van der Waals surface area (Å²) in [5.74, 6) is 0.869. The fraction of sp³-hybridized carbons (Fsp3) is 0.704. The van der Waals surface area contributed by atoms with Gasteiger partial charge in [0, 0.05) is 18.5 Å². The summed E-state index contributed by atoms with van der Waals surface area (Å²) < 4.78 is 5.84. The minimum atomic E-state index is 0.0123. The molecule has 1 amide bonds. The lowest BCUT2D eigenvalue weighted by Crippen LogP contribution is -2.53. The molecular formula is C27H42N2O2S. The van der Waals surface area contributed by atoms with Gasteiger partial charge in [-0.2, -0.15) is 0 Å². The number of nitrogens with one attached hydrogen (secondary N) is 1. The fourth-order valence-corrected chi connectivity index (χ4v) is 5.48. The molecule has 178 valence electrons. The largest absolute Gasteiger partial charge is 0.494 e. The van der Waals surface area contributed by atoms with Crippen LogP contribution in [0.25, 0.3) is 0 Å². The van der Waals surface area contributed by atoms with Crippen molar-refractivity contribution in [2.45, 2.75) is 115 Å². The zero-order chi connectivity index (χ0) is 23.0. The van der Waals surface area contributed by atoms with E-state index in [0.29, 0.717) is 36.6 Å². The molecule has 3 rings (SSSR count). The summed E-state index contributed by atoms with van der Waals surface area (Å²) in [5.41, 5.74) is 1.43. The molecule has 32 heavy (non-hydrogen) atoms. The van der Waals surface area contributed by atoms with Gasteiger partial charge in [0.1, 0.15) is 5.75 Å². The molecule has 0 aliphatic heterocycles. The number of ether oxygens (including phenoxy) is 1. The summed E-state index contributed by atoms with van der Waals surface area (Å²) in [6.07, 6.45) is 13.7. The predicted octanol–water partition coefficient (Wildman–Crippen LogP) is 6.51. The van der Waals surface area contributed by atoms with Crippen molar-refractivity contribution < 1.29 is 9.53 Å². The molecule has 0 spiro atoms. The highest BCUT2D eigenvalue weighted by Crippen LogP contribution is 2.30. The van der Waals surface area contributed by atoms with Crippen LogP contribution in [0.5, 0.6) is 5.75 Å². The van der Waals surface area contributed by atoms with E-state index in [1.807, 2.05) is 12.1 Å². The van der Waals surface area contributed by atoms with Gasteiger partial charge in [0.2, 0.25) is 5.91 Å². The number of rotatable bonds is 7. The number of carbonyl (C=O) groups excluding carboxylic acids is 1. The Morgan fingerprint density at radius 1 is 0.969 bits per heavy atom. The quantitative estimate of drug-likeness (QED) is 0.373. The zero-order valence-electron chi connectivity index (χ0n) is 20.3. The molecule has 2 saturated carbocycles. The Labute approximate surface area is 200 Å². The van der Waals surface area contributed by atoms with Gasteiger partial charge in [-0.3, -0.25) is 4.79 Å². The van der Waals surface area contributed by atoms with E-state index < -0.39 is 0 Å². The Balaban J connectivity index is 1.44. The first-order valence-corrected chi connectivity index (χ1v) is 13.1. The average Bonchev–Trinajstić information content (AvgIpc) is 2.78. The van der Waals surface area contributed by atoms with E-state index in [1.165, 1.54) is 69.8 Å². The van der Waals surface area contributed by atoms with E-state index in [1.54, 1.807) is 0 Å². The van der Waals surface area contributed by atoms with E-state index in [9.17, 15) is 4.79 Å². The molecule has 1 aromatic carbocycles. The maximum Gasteiger partial charge on any atom is 0.226 e. The maximum atomic E-state index is 12.6. The number of hydrogen-bond acceptors (Lipinski definition) is 3. The Hall–Kier alpha value is -1.62. The summed E-state index contributed by atoms with van der Waals surface area (Å²) in [7, 11) is 0. The van der Waals surface area contributed by atoms with Gasteiger partial charge in [0.05, 0.1) is 6.61 Å². The second-order valence-electron chi connectivity index (χ2n) is 10.6. The summed E-state index contributed by atoms with van der Waals surface area (Å²) in [5, 5.41) is 3.72. The SMILES string of the molecule is CC(C)(C)c1ccc(OCCCC(=O)NC(=S)N(C2CCCCC2)C2CCCCC2)cc1. The topological polar surface area (TPSA) is 41.6 Å². The molecule has 1 aromatic rings. The molecule has 0 saturated heterocycles. The van der Waals surface area contributed by atoms with Crippen LogP contribution in [0, 0.1) is 0 Å². The molecule has 0 unspecified atom stereocenters. The van der Waals surface area contributed by atoms with Crippen LogP contribution in [0.4, 0.5) is 0 Å². The van der Waals surface area contributed by atoms with Crippen molar-refractivity contribution in [3.8, 4) is 5.75 Å². The monoisotopic (exact) mass is 458 g/mol. The third-order valence-corrected chi connectivity index (χ3v) is 7.27. The van der Waals surface area contributed by atoms with Crippen LogP contribution < -0.4 is 10.1 Å². The summed E-state index contributed by atoms with van der Waals surface area (Å²) >= 11 is 5.77. The molecule has 5 heteroatoms. The Morgan fingerprint density at radius 2 is 1.50 bits per heavy atom. The third-order valence-electron chi connectivity index (χ3n) is 6.95. The first-order valence-electron chi connectivity index (χ1n) is 12.7.